The maximum Gasteiger partial charge on any atom is 0.235 e. The van der Waals surface area contributed by atoms with Gasteiger partial charge in [-0.1, -0.05) is 0 Å². The van der Waals surface area contributed by atoms with Crippen LogP contribution < -0.4 is 9.64 Å². The molecule has 1 aliphatic carbocycles. The minimum Gasteiger partial charge on any atom is -0.496 e. The maximum absolute atomic E-state index is 12.2. The molecule has 0 unspecified atom stereocenters. The highest BCUT2D eigenvalue weighted by atomic mass is 79.9. The third-order valence-corrected chi connectivity index (χ3v) is 4.06. The summed E-state index contributed by atoms with van der Waals surface area (Å²) >= 11 is 3.40. The molecule has 1 aromatic rings. The molecule has 0 radical (unpaired) electrons. The van der Waals surface area contributed by atoms with E-state index in [2.05, 4.69) is 15.9 Å². The molecule has 1 amide bonds. The van der Waals surface area contributed by atoms with Gasteiger partial charge in [-0.05, 0) is 47.0 Å². The van der Waals surface area contributed by atoms with Crippen LogP contribution in [0.4, 0.5) is 5.69 Å². The summed E-state index contributed by atoms with van der Waals surface area (Å²) in [7, 11) is 3.33. The normalized spacial score (nSPS) is 16.2. The molecule has 0 bridgehead atoms. The first-order chi connectivity index (χ1) is 8.54. The second-order valence-corrected chi connectivity index (χ2v) is 5.48. The van der Waals surface area contributed by atoms with Crippen LogP contribution in [0.25, 0.3) is 0 Å². The molecule has 5 heteroatoms. The molecule has 2 rings (SSSR count). The number of methoxy groups -OCH3 is 1. The third kappa shape index (κ3) is 2.24. The van der Waals surface area contributed by atoms with Gasteiger partial charge in [0.1, 0.15) is 5.75 Å². The van der Waals surface area contributed by atoms with Gasteiger partial charge in [-0.3, -0.25) is 4.79 Å². The fourth-order valence-electron chi connectivity index (χ4n) is 1.93. The fourth-order valence-corrected chi connectivity index (χ4v) is 2.46. The molecular formula is C13H16BrNO3. The van der Waals surface area contributed by atoms with E-state index in [1.165, 1.54) is 0 Å². The van der Waals surface area contributed by atoms with Crippen LogP contribution in [0.3, 0.4) is 0 Å². The number of hydrogen-bond donors (Lipinski definition) is 1. The molecule has 18 heavy (non-hydrogen) atoms. The highest BCUT2D eigenvalue weighted by Gasteiger charge is 2.50. The summed E-state index contributed by atoms with van der Waals surface area (Å²) in [5, 5.41) is 9.28. The number of nitrogens with zero attached hydrogens (tertiary/aromatic N) is 1. The monoisotopic (exact) mass is 313 g/mol. The van der Waals surface area contributed by atoms with Crippen molar-refractivity contribution in [1.29, 1.82) is 0 Å². The average molecular weight is 314 g/mol. The van der Waals surface area contributed by atoms with Gasteiger partial charge in [0.25, 0.3) is 0 Å². The van der Waals surface area contributed by atoms with Crippen LogP contribution in [-0.4, -0.2) is 31.8 Å². The van der Waals surface area contributed by atoms with Gasteiger partial charge in [-0.2, -0.15) is 0 Å². The summed E-state index contributed by atoms with van der Waals surface area (Å²) < 4.78 is 5.95. The Labute approximate surface area is 115 Å². The Kier molecular flexibility index (Phi) is 3.64. The Hall–Kier alpha value is -1.07. The van der Waals surface area contributed by atoms with Gasteiger partial charge >= 0.3 is 0 Å². The molecule has 4 nitrogen and oxygen atoms in total. The van der Waals surface area contributed by atoms with Crippen LogP contribution >= 0.6 is 15.9 Å². The maximum atomic E-state index is 12.2. The molecule has 1 aliphatic rings. The molecular weight excluding hydrogens is 298 g/mol. The summed E-state index contributed by atoms with van der Waals surface area (Å²) in [6, 6.07) is 5.47. The zero-order valence-corrected chi connectivity index (χ0v) is 12.0. The Bertz CT molecular complexity index is 471. The number of amides is 1. The van der Waals surface area contributed by atoms with E-state index < -0.39 is 5.41 Å². The molecule has 1 fully saturated rings. The molecule has 0 heterocycles. The lowest BCUT2D eigenvalue weighted by Crippen LogP contribution is -2.36. The van der Waals surface area contributed by atoms with Crippen LogP contribution in [0.5, 0.6) is 5.75 Å². The minimum absolute atomic E-state index is 0.0259. The second kappa shape index (κ2) is 4.90. The van der Waals surface area contributed by atoms with E-state index in [0.717, 1.165) is 28.8 Å². The molecule has 0 aromatic heterocycles. The summed E-state index contributed by atoms with van der Waals surface area (Å²) in [4.78, 5) is 13.8. The number of benzene rings is 1. The number of anilines is 1. The highest BCUT2D eigenvalue weighted by molar-refractivity contribution is 9.10. The Balaban J connectivity index is 2.21. The number of carbonyl (C=O) groups excluding carboxylic acids is 1. The van der Waals surface area contributed by atoms with Crippen LogP contribution in [-0.2, 0) is 4.79 Å². The lowest BCUT2D eigenvalue weighted by Gasteiger charge is -2.22. The van der Waals surface area contributed by atoms with Gasteiger partial charge in [-0.25, -0.2) is 0 Å². The standard InChI is InChI=1S/C13H16BrNO3/c1-15(12(17)13(8-16)5-6-13)9-3-4-11(18-2)10(14)7-9/h3-4,7,16H,5-6,8H2,1-2H3. The summed E-state index contributed by atoms with van der Waals surface area (Å²) in [6.07, 6.45) is 1.54. The number of rotatable bonds is 4. The van der Waals surface area contributed by atoms with E-state index in [1.807, 2.05) is 18.2 Å². The van der Waals surface area contributed by atoms with Crippen LogP contribution in [0.2, 0.25) is 0 Å². The quantitative estimate of drug-likeness (QED) is 0.927. The van der Waals surface area contributed by atoms with Crippen molar-refractivity contribution in [1.82, 2.24) is 0 Å². The van der Waals surface area contributed by atoms with Gasteiger partial charge in [-0.15, -0.1) is 0 Å². The predicted octanol–water partition coefficient (Wildman–Crippen LogP) is 2.19. The molecule has 1 saturated carbocycles. The molecule has 1 aromatic carbocycles. The molecule has 0 spiro atoms. The fraction of sp³-hybridized carbons (Fsp3) is 0.462. The van der Waals surface area contributed by atoms with Crippen molar-refractivity contribution in [3.8, 4) is 5.75 Å². The highest BCUT2D eigenvalue weighted by Crippen LogP contribution is 2.47. The number of carbonyl (C=O) groups is 1. The minimum atomic E-state index is -0.541. The van der Waals surface area contributed by atoms with E-state index >= 15 is 0 Å². The predicted molar refractivity (Wildman–Crippen MR) is 72.9 cm³/mol. The van der Waals surface area contributed by atoms with E-state index in [4.69, 9.17) is 4.74 Å². The van der Waals surface area contributed by atoms with Crippen LogP contribution in [0.15, 0.2) is 22.7 Å². The van der Waals surface area contributed by atoms with Crippen LogP contribution in [0, 0.1) is 5.41 Å². The van der Waals surface area contributed by atoms with Crippen molar-refractivity contribution in [2.75, 3.05) is 25.7 Å². The largest absolute Gasteiger partial charge is 0.496 e. The molecule has 98 valence electrons. The zero-order chi connectivity index (χ0) is 13.3. The van der Waals surface area contributed by atoms with Gasteiger partial charge < -0.3 is 14.7 Å². The van der Waals surface area contributed by atoms with Crippen molar-refractivity contribution in [2.24, 2.45) is 5.41 Å². The van der Waals surface area contributed by atoms with Gasteiger partial charge in [0.2, 0.25) is 5.91 Å². The summed E-state index contributed by atoms with van der Waals surface area (Å²) in [6.45, 7) is -0.0759. The topological polar surface area (TPSA) is 49.8 Å². The lowest BCUT2D eigenvalue weighted by molar-refractivity contribution is -0.124. The third-order valence-electron chi connectivity index (χ3n) is 3.44. The van der Waals surface area contributed by atoms with E-state index in [-0.39, 0.29) is 12.5 Å². The SMILES string of the molecule is COc1ccc(N(C)C(=O)C2(CO)CC2)cc1Br. The first kappa shape index (κ1) is 13.4. The number of hydrogen-bond acceptors (Lipinski definition) is 3. The Morgan fingerprint density at radius 2 is 2.22 bits per heavy atom. The van der Waals surface area contributed by atoms with E-state index in [0.29, 0.717) is 0 Å². The molecule has 1 N–H and O–H groups in total. The number of halogens is 1. The first-order valence-electron chi connectivity index (χ1n) is 5.76. The summed E-state index contributed by atoms with van der Waals surface area (Å²) in [5.41, 5.74) is 0.244. The smallest absolute Gasteiger partial charge is 0.235 e. The van der Waals surface area contributed by atoms with E-state index in [1.54, 1.807) is 19.1 Å². The van der Waals surface area contributed by atoms with Crippen molar-refractivity contribution in [3.05, 3.63) is 22.7 Å². The average Bonchev–Trinajstić information content (AvgIpc) is 3.18. The van der Waals surface area contributed by atoms with Gasteiger partial charge in [0.05, 0.1) is 23.6 Å². The first-order valence-corrected chi connectivity index (χ1v) is 6.56. The van der Waals surface area contributed by atoms with Gasteiger partial charge in [0, 0.05) is 12.7 Å². The number of aliphatic hydroxyl groups excluding tert-OH is 1. The van der Waals surface area contributed by atoms with Crippen molar-refractivity contribution in [3.63, 3.8) is 0 Å². The molecule has 0 atom stereocenters. The molecule has 0 saturated heterocycles. The Morgan fingerprint density at radius 3 is 2.67 bits per heavy atom. The zero-order valence-electron chi connectivity index (χ0n) is 10.4. The van der Waals surface area contributed by atoms with Crippen LogP contribution in [0.1, 0.15) is 12.8 Å². The van der Waals surface area contributed by atoms with Gasteiger partial charge in [0.15, 0.2) is 0 Å². The molecule has 0 aliphatic heterocycles. The Morgan fingerprint density at radius 1 is 1.56 bits per heavy atom. The van der Waals surface area contributed by atoms with Crippen molar-refractivity contribution >= 4 is 27.5 Å². The second-order valence-electron chi connectivity index (χ2n) is 4.62. The summed E-state index contributed by atoms with van der Waals surface area (Å²) in [5.74, 6) is 0.699. The number of ether oxygens (including phenoxy) is 1. The van der Waals surface area contributed by atoms with E-state index in [9.17, 15) is 9.90 Å². The number of aliphatic hydroxyl groups is 1. The van der Waals surface area contributed by atoms with Crippen molar-refractivity contribution < 1.29 is 14.6 Å². The van der Waals surface area contributed by atoms with Crippen molar-refractivity contribution in [2.45, 2.75) is 12.8 Å². The lowest BCUT2D eigenvalue weighted by atomic mass is 10.1.